The van der Waals surface area contributed by atoms with Crippen molar-refractivity contribution in [1.29, 1.82) is 0 Å². The standard InChI is InChI=1S/C36H47I2N6O5S2/c1-24(2)32(42-35(47)44(5)20-28-22-50-34(40-28)25(3)4)33(46)41-30(37-17-26-12-8-6-9-13-26)16-31(45)38(18-27-14-10-7-11-15-27)43-36(48)49-21-29-19-39-23-51-29/h6-15,19,22-25,30-32,45H,16-18,20-21H2,1-5H3,(H,41,46)(H,42,47)(H,43,48)/q-1/t30?,31-,32-/m0/s1. The molecule has 0 aliphatic rings. The predicted molar refractivity (Wildman–Crippen MR) is 207 cm³/mol. The molecule has 4 rings (SSSR count). The number of urea groups is 1. The summed E-state index contributed by atoms with van der Waals surface area (Å²) in [6.45, 7) is 8.39. The SMILES string of the molecule is CC(C)c1nc(CN(C)C(=O)N[C@H](C(=O)NC(C[C@H](O)I(Cc2ccccc2)NC(=O)OCc2cncs2)[I-]Cc2ccccc2)C(C)C)cs1. The minimum atomic E-state index is -2.67. The molecule has 0 saturated carbocycles. The number of hydrogen-bond acceptors (Lipinski definition) is 9. The van der Waals surface area contributed by atoms with E-state index in [0.717, 1.165) is 31.1 Å². The molecule has 2 heterocycles. The van der Waals surface area contributed by atoms with E-state index in [-0.39, 0.29) is 34.9 Å². The zero-order valence-corrected chi connectivity index (χ0v) is 35.4. The fraction of sp³-hybridized carbons (Fsp3) is 0.417. The maximum absolute atomic E-state index is 13.9. The fourth-order valence-corrected chi connectivity index (χ4v) is 14.3. The summed E-state index contributed by atoms with van der Waals surface area (Å²) in [5.74, 6) is -0.181. The van der Waals surface area contributed by atoms with Crippen LogP contribution in [-0.4, -0.2) is 59.3 Å². The molecule has 0 bridgehead atoms. The summed E-state index contributed by atoms with van der Waals surface area (Å²) in [5.41, 5.74) is 4.65. The van der Waals surface area contributed by atoms with Crippen LogP contribution in [0.25, 0.3) is 0 Å². The van der Waals surface area contributed by atoms with Crippen molar-refractivity contribution in [2.45, 2.75) is 76.2 Å². The van der Waals surface area contributed by atoms with E-state index in [2.05, 4.69) is 50.1 Å². The van der Waals surface area contributed by atoms with Crippen molar-refractivity contribution in [3.05, 3.63) is 104 Å². The topological polar surface area (TPSA) is 146 Å². The third-order valence-corrected chi connectivity index (χ3v) is 17.7. The Bertz CT molecular complexity index is 1650. The van der Waals surface area contributed by atoms with Crippen LogP contribution in [0.15, 0.2) is 77.8 Å². The molecule has 278 valence electrons. The molecule has 0 radical (unpaired) electrons. The molecular formula is C36H47I2N6O5S2-. The molecule has 0 spiro atoms. The number of aromatic nitrogens is 2. The first-order valence-corrected chi connectivity index (χ1v) is 24.9. The van der Waals surface area contributed by atoms with Crippen LogP contribution in [0.5, 0.6) is 0 Å². The predicted octanol–water partition coefficient (Wildman–Crippen LogP) is 3.88. The molecule has 0 saturated heterocycles. The van der Waals surface area contributed by atoms with Gasteiger partial charge in [0.1, 0.15) is 0 Å². The van der Waals surface area contributed by atoms with Gasteiger partial charge in [0.05, 0.1) is 0 Å². The van der Waals surface area contributed by atoms with Gasteiger partial charge in [-0.3, -0.25) is 0 Å². The average molecular weight is 962 g/mol. The Morgan fingerprint density at radius 3 is 2.27 bits per heavy atom. The molecule has 4 aromatic rings. The van der Waals surface area contributed by atoms with E-state index in [1.165, 1.54) is 16.2 Å². The summed E-state index contributed by atoms with van der Waals surface area (Å²) in [6.07, 6.45) is 1.36. The number of nitrogens with zero attached hydrogens (tertiary/aromatic N) is 3. The van der Waals surface area contributed by atoms with E-state index in [1.54, 1.807) is 30.1 Å². The van der Waals surface area contributed by atoms with Crippen LogP contribution in [0, 0.1) is 5.92 Å². The van der Waals surface area contributed by atoms with E-state index in [4.69, 9.17) is 4.74 Å². The minimum absolute atomic E-state index is 0.101. The van der Waals surface area contributed by atoms with Crippen molar-refractivity contribution in [2.24, 2.45) is 5.92 Å². The van der Waals surface area contributed by atoms with Gasteiger partial charge >= 0.3 is 315 Å². The van der Waals surface area contributed by atoms with Crippen LogP contribution >= 0.6 is 42.8 Å². The Labute approximate surface area is 326 Å². The molecule has 0 aliphatic carbocycles. The monoisotopic (exact) mass is 961 g/mol. The molecule has 3 atom stereocenters. The summed E-state index contributed by atoms with van der Waals surface area (Å²) >= 11 is -0.377. The Morgan fingerprint density at radius 2 is 1.67 bits per heavy atom. The van der Waals surface area contributed by atoms with Gasteiger partial charge in [0, 0.05) is 0 Å². The molecule has 2 aromatic carbocycles. The number of hydrogen-bond donors (Lipinski definition) is 4. The summed E-state index contributed by atoms with van der Waals surface area (Å²) < 4.78 is 8.64. The van der Waals surface area contributed by atoms with Crippen molar-refractivity contribution in [3.63, 3.8) is 0 Å². The number of aliphatic hydroxyl groups is 1. The Kier molecular flexibility index (Phi) is 16.8. The van der Waals surface area contributed by atoms with Gasteiger partial charge in [0.2, 0.25) is 0 Å². The van der Waals surface area contributed by atoms with Gasteiger partial charge in [-0.2, -0.15) is 0 Å². The van der Waals surface area contributed by atoms with Gasteiger partial charge in [-0.1, -0.05) is 13.8 Å². The van der Waals surface area contributed by atoms with E-state index in [9.17, 15) is 19.5 Å². The Morgan fingerprint density at radius 1 is 0.980 bits per heavy atom. The summed E-state index contributed by atoms with van der Waals surface area (Å²) in [6, 6.07) is 18.7. The Hall–Kier alpha value is -2.87. The van der Waals surface area contributed by atoms with Crippen molar-refractivity contribution in [3.8, 4) is 0 Å². The van der Waals surface area contributed by atoms with Gasteiger partial charge < -0.3 is 0 Å². The second kappa shape index (κ2) is 21.0. The number of halogens is 2. The molecule has 0 aliphatic heterocycles. The van der Waals surface area contributed by atoms with Crippen LogP contribution in [-0.2, 0) is 31.5 Å². The van der Waals surface area contributed by atoms with E-state index in [0.29, 0.717) is 16.9 Å². The molecule has 51 heavy (non-hydrogen) atoms. The average Bonchev–Trinajstić information content (AvgIpc) is 3.82. The number of nitrogens with one attached hydrogen (secondary N) is 3. The molecule has 2 aromatic heterocycles. The van der Waals surface area contributed by atoms with Gasteiger partial charge in [0.25, 0.3) is 0 Å². The molecule has 0 fully saturated rings. The first-order chi connectivity index (χ1) is 24.5. The molecule has 4 N–H and O–H groups in total. The third-order valence-electron chi connectivity index (χ3n) is 7.47. The zero-order chi connectivity index (χ0) is 36.8. The normalized spacial score (nSPS) is 13.4. The Balaban J connectivity index is 1.46. The van der Waals surface area contributed by atoms with E-state index in [1.807, 2.05) is 67.8 Å². The molecule has 11 nitrogen and oxygen atoms in total. The van der Waals surface area contributed by atoms with Gasteiger partial charge in [-0.25, -0.2) is 0 Å². The van der Waals surface area contributed by atoms with Crippen LogP contribution in [0.3, 0.4) is 0 Å². The van der Waals surface area contributed by atoms with Crippen LogP contribution in [0.4, 0.5) is 9.59 Å². The van der Waals surface area contributed by atoms with Crippen LogP contribution in [0.2, 0.25) is 0 Å². The summed E-state index contributed by atoms with van der Waals surface area (Å²) in [7, 11) is 1.69. The van der Waals surface area contributed by atoms with Crippen molar-refractivity contribution in [1.82, 2.24) is 29.0 Å². The number of amides is 4. The third kappa shape index (κ3) is 13.9. The number of carbonyl (C=O) groups is 3. The number of thiazole rings is 2. The van der Waals surface area contributed by atoms with Crippen LogP contribution in [0.1, 0.15) is 66.7 Å². The van der Waals surface area contributed by atoms with E-state index >= 15 is 0 Å². The summed E-state index contributed by atoms with van der Waals surface area (Å²) in [4.78, 5) is 51.2. The first kappa shape index (κ1) is 40.9. The second-order valence-electron chi connectivity index (χ2n) is 12.4. The fourth-order valence-electron chi connectivity index (χ4n) is 4.68. The quantitative estimate of drug-likeness (QED) is 0.0513. The molecule has 1 unspecified atom stereocenters. The van der Waals surface area contributed by atoms with E-state index < -0.39 is 57.5 Å². The zero-order valence-electron chi connectivity index (χ0n) is 29.4. The molecular weight excluding hydrogens is 914 g/mol. The van der Waals surface area contributed by atoms with Crippen LogP contribution < -0.4 is 35.4 Å². The number of rotatable bonds is 18. The van der Waals surface area contributed by atoms with Gasteiger partial charge in [-0.15, -0.1) is 0 Å². The van der Waals surface area contributed by atoms with Crippen molar-refractivity contribution < 1.29 is 45.4 Å². The first-order valence-electron chi connectivity index (χ1n) is 16.5. The number of aliphatic hydroxyl groups excluding tert-OH is 1. The maximum atomic E-state index is 13.9. The number of carbonyl (C=O) groups excluding carboxylic acids is 3. The molecule has 4 amide bonds. The number of ether oxygens (including phenoxy) is 1. The van der Waals surface area contributed by atoms with Crippen molar-refractivity contribution in [2.75, 3.05) is 7.05 Å². The van der Waals surface area contributed by atoms with Crippen molar-refractivity contribution >= 4 is 60.8 Å². The second-order valence-corrected chi connectivity index (χ2v) is 22.4. The number of alkyl halides is 4. The van der Waals surface area contributed by atoms with Gasteiger partial charge in [0.15, 0.2) is 0 Å². The molecule has 15 heteroatoms. The number of benzene rings is 2. The summed E-state index contributed by atoms with van der Waals surface area (Å²) in [5, 5.41) is 20.9. The van der Waals surface area contributed by atoms with Gasteiger partial charge in [-0.05, 0) is 0 Å².